The summed E-state index contributed by atoms with van der Waals surface area (Å²) >= 11 is 1.18. The van der Waals surface area contributed by atoms with Crippen molar-refractivity contribution in [3.05, 3.63) is 52.3 Å². The van der Waals surface area contributed by atoms with E-state index in [1.807, 2.05) is 18.2 Å². The lowest BCUT2D eigenvalue weighted by Crippen LogP contribution is -2.12. The van der Waals surface area contributed by atoms with Gasteiger partial charge in [0.1, 0.15) is 4.88 Å². The van der Waals surface area contributed by atoms with E-state index in [4.69, 9.17) is 0 Å². The van der Waals surface area contributed by atoms with E-state index in [2.05, 4.69) is 10.3 Å². The third kappa shape index (κ3) is 2.25. The normalized spacial score (nSPS) is 10.8. The summed E-state index contributed by atoms with van der Waals surface area (Å²) in [6, 6.07) is 9.10. The van der Waals surface area contributed by atoms with Gasteiger partial charge in [0.2, 0.25) is 0 Å². The number of hydrogen-bond donors (Lipinski definition) is 2. The Morgan fingerprint density at radius 2 is 1.91 bits per heavy atom. The van der Waals surface area contributed by atoms with Gasteiger partial charge in [0.05, 0.1) is 5.69 Å². The lowest BCUT2D eigenvalue weighted by molar-refractivity contribution is 0.0688. The molecule has 0 spiro atoms. The topological polar surface area (TPSA) is 83.7 Å². The number of benzene rings is 1. The van der Waals surface area contributed by atoms with Crippen LogP contribution in [-0.4, -0.2) is 26.4 Å². The molecule has 6 nitrogen and oxygen atoms in total. The molecule has 0 radical (unpaired) electrons. The average Bonchev–Trinajstić information content (AvgIpc) is 2.96. The zero-order valence-corrected chi connectivity index (χ0v) is 12.8. The molecule has 112 valence electrons. The zero-order chi connectivity index (χ0) is 15.9. The Morgan fingerprint density at radius 1 is 1.23 bits per heavy atom. The summed E-state index contributed by atoms with van der Waals surface area (Å²) < 4.78 is 1.52. The van der Waals surface area contributed by atoms with Crippen molar-refractivity contribution < 1.29 is 14.7 Å². The van der Waals surface area contributed by atoms with E-state index in [9.17, 15) is 14.7 Å². The molecule has 2 heterocycles. The molecule has 0 aliphatic heterocycles. The van der Waals surface area contributed by atoms with Crippen LogP contribution in [0.25, 0.3) is 4.96 Å². The number of thiazole rings is 1. The predicted octanol–water partition coefficient (Wildman–Crippen LogP) is 2.96. The van der Waals surface area contributed by atoms with Crippen molar-refractivity contribution in [2.75, 3.05) is 5.32 Å². The lowest BCUT2D eigenvalue weighted by Gasteiger charge is -2.04. The number of aromatic carboxylic acids is 1. The molecule has 1 aromatic carbocycles. The maximum atomic E-state index is 12.4. The molecule has 1 amide bonds. The standard InChI is InChI=1S/C15H13N3O3S/c1-8-11(14(20)21)18-9(2)12(22-15(18)16-8)13(19)17-10-6-4-3-5-7-10/h3-7H,1-2H3,(H,17,19)(H,20,21). The number of rotatable bonds is 3. The van der Waals surface area contributed by atoms with Crippen LogP contribution in [0.4, 0.5) is 5.69 Å². The number of carbonyl (C=O) groups excluding carboxylic acids is 1. The molecular weight excluding hydrogens is 302 g/mol. The van der Waals surface area contributed by atoms with E-state index >= 15 is 0 Å². The minimum absolute atomic E-state index is 0.0995. The van der Waals surface area contributed by atoms with Crippen molar-refractivity contribution in [1.29, 1.82) is 0 Å². The Hall–Kier alpha value is -2.67. The quantitative estimate of drug-likeness (QED) is 0.778. The van der Waals surface area contributed by atoms with Gasteiger partial charge in [-0.1, -0.05) is 29.5 Å². The van der Waals surface area contributed by atoms with Crippen LogP contribution < -0.4 is 5.32 Å². The van der Waals surface area contributed by atoms with Crippen molar-refractivity contribution in [3.8, 4) is 0 Å². The van der Waals surface area contributed by atoms with Crippen LogP contribution in [0.5, 0.6) is 0 Å². The molecule has 22 heavy (non-hydrogen) atoms. The van der Waals surface area contributed by atoms with Crippen molar-refractivity contribution in [1.82, 2.24) is 9.38 Å². The molecule has 2 aromatic heterocycles. The first kappa shape index (κ1) is 14.3. The number of para-hydroxylation sites is 1. The summed E-state index contributed by atoms with van der Waals surface area (Å²) in [5.41, 5.74) is 1.80. The number of carboxylic acid groups (broad SMARTS) is 1. The number of nitrogens with one attached hydrogen (secondary N) is 1. The highest BCUT2D eigenvalue weighted by Gasteiger charge is 2.23. The predicted molar refractivity (Wildman–Crippen MR) is 83.9 cm³/mol. The molecule has 0 fully saturated rings. The molecule has 0 unspecified atom stereocenters. The highest BCUT2D eigenvalue weighted by molar-refractivity contribution is 7.19. The highest BCUT2D eigenvalue weighted by Crippen LogP contribution is 2.26. The van der Waals surface area contributed by atoms with Crippen LogP contribution in [-0.2, 0) is 0 Å². The number of fused-ring (bicyclic) bond motifs is 1. The first-order chi connectivity index (χ1) is 10.5. The number of carbonyl (C=O) groups is 2. The number of imidazole rings is 1. The number of amides is 1. The number of carboxylic acids is 1. The molecule has 0 aliphatic rings. The Balaban J connectivity index is 2.03. The van der Waals surface area contributed by atoms with E-state index < -0.39 is 5.97 Å². The number of hydrogen-bond acceptors (Lipinski definition) is 4. The van der Waals surface area contributed by atoms with Crippen LogP contribution in [0.15, 0.2) is 30.3 Å². The maximum Gasteiger partial charge on any atom is 0.354 e. The zero-order valence-electron chi connectivity index (χ0n) is 12.0. The number of anilines is 1. The van der Waals surface area contributed by atoms with E-state index in [-0.39, 0.29) is 11.6 Å². The monoisotopic (exact) mass is 315 g/mol. The Morgan fingerprint density at radius 3 is 2.55 bits per heavy atom. The Bertz CT molecular complexity index is 880. The van der Waals surface area contributed by atoms with Gasteiger partial charge in [0, 0.05) is 11.4 Å². The van der Waals surface area contributed by atoms with Gasteiger partial charge in [0.25, 0.3) is 5.91 Å². The molecule has 3 rings (SSSR count). The minimum atomic E-state index is -1.05. The van der Waals surface area contributed by atoms with Crippen molar-refractivity contribution >= 4 is 33.9 Å². The number of nitrogens with zero attached hydrogens (tertiary/aromatic N) is 2. The fourth-order valence-corrected chi connectivity index (χ4v) is 3.39. The third-order valence-electron chi connectivity index (χ3n) is 3.32. The van der Waals surface area contributed by atoms with E-state index in [1.165, 1.54) is 15.7 Å². The molecule has 0 bridgehead atoms. The largest absolute Gasteiger partial charge is 0.477 e. The molecule has 7 heteroatoms. The SMILES string of the molecule is Cc1nc2sc(C(=O)Nc3ccccc3)c(C)n2c1C(=O)O. The second-order valence-corrected chi connectivity index (χ2v) is 5.78. The molecule has 3 aromatic rings. The van der Waals surface area contributed by atoms with Gasteiger partial charge in [-0.15, -0.1) is 0 Å². The first-order valence-electron chi connectivity index (χ1n) is 6.57. The third-order valence-corrected chi connectivity index (χ3v) is 4.46. The second kappa shape index (κ2) is 5.27. The minimum Gasteiger partial charge on any atom is -0.477 e. The summed E-state index contributed by atoms with van der Waals surface area (Å²) in [6.07, 6.45) is 0. The average molecular weight is 315 g/mol. The second-order valence-electron chi connectivity index (χ2n) is 4.81. The smallest absolute Gasteiger partial charge is 0.354 e. The van der Waals surface area contributed by atoms with E-state index in [0.29, 0.717) is 26.9 Å². The summed E-state index contributed by atoms with van der Waals surface area (Å²) in [6.45, 7) is 3.36. The molecule has 0 saturated heterocycles. The van der Waals surface area contributed by atoms with Crippen molar-refractivity contribution in [2.45, 2.75) is 13.8 Å². The van der Waals surface area contributed by atoms with Crippen molar-refractivity contribution in [2.24, 2.45) is 0 Å². The van der Waals surface area contributed by atoms with Crippen LogP contribution in [0.3, 0.4) is 0 Å². The van der Waals surface area contributed by atoms with Gasteiger partial charge in [-0.3, -0.25) is 9.20 Å². The molecule has 0 saturated carbocycles. The number of aryl methyl sites for hydroxylation is 2. The van der Waals surface area contributed by atoms with Gasteiger partial charge in [-0.05, 0) is 26.0 Å². The lowest BCUT2D eigenvalue weighted by atomic mass is 10.3. The summed E-state index contributed by atoms with van der Waals surface area (Å²) in [7, 11) is 0. The summed E-state index contributed by atoms with van der Waals surface area (Å²) in [4.78, 5) is 28.9. The first-order valence-corrected chi connectivity index (χ1v) is 7.39. The van der Waals surface area contributed by atoms with Crippen LogP contribution in [0, 0.1) is 13.8 Å². The molecular formula is C15H13N3O3S. The molecule has 0 aliphatic carbocycles. The molecule has 0 atom stereocenters. The fourth-order valence-electron chi connectivity index (χ4n) is 2.32. The van der Waals surface area contributed by atoms with Crippen molar-refractivity contribution in [3.63, 3.8) is 0 Å². The Kier molecular flexibility index (Phi) is 3.42. The van der Waals surface area contributed by atoms with Gasteiger partial charge in [-0.25, -0.2) is 9.78 Å². The van der Waals surface area contributed by atoms with Crippen LogP contribution in [0.1, 0.15) is 31.5 Å². The number of aromatic nitrogens is 2. The van der Waals surface area contributed by atoms with Gasteiger partial charge in [0.15, 0.2) is 10.7 Å². The summed E-state index contributed by atoms with van der Waals surface area (Å²) in [5, 5.41) is 12.1. The highest BCUT2D eigenvalue weighted by atomic mass is 32.1. The fraction of sp³-hybridized carbons (Fsp3) is 0.133. The van der Waals surface area contributed by atoms with Gasteiger partial charge in [-0.2, -0.15) is 0 Å². The Labute approximate surface area is 130 Å². The van der Waals surface area contributed by atoms with Gasteiger partial charge >= 0.3 is 5.97 Å². The molecule has 2 N–H and O–H groups in total. The van der Waals surface area contributed by atoms with Gasteiger partial charge < -0.3 is 10.4 Å². The van der Waals surface area contributed by atoms with E-state index in [1.54, 1.807) is 26.0 Å². The van der Waals surface area contributed by atoms with Crippen LogP contribution >= 0.6 is 11.3 Å². The van der Waals surface area contributed by atoms with Crippen LogP contribution in [0.2, 0.25) is 0 Å². The van der Waals surface area contributed by atoms with E-state index in [0.717, 1.165) is 0 Å². The maximum absolute atomic E-state index is 12.4. The summed E-state index contributed by atoms with van der Waals surface area (Å²) in [5.74, 6) is -1.32.